The van der Waals surface area contributed by atoms with Gasteiger partial charge in [-0.15, -0.1) is 0 Å². The first-order valence-corrected chi connectivity index (χ1v) is 8.87. The molecule has 0 bridgehead atoms. The third kappa shape index (κ3) is 3.04. The summed E-state index contributed by atoms with van der Waals surface area (Å²) < 4.78 is 16.9. The molecule has 3 aromatic rings. The van der Waals surface area contributed by atoms with E-state index < -0.39 is 0 Å². The van der Waals surface area contributed by atoms with Gasteiger partial charge < -0.3 is 19.2 Å². The Kier molecular flexibility index (Phi) is 4.57. The van der Waals surface area contributed by atoms with Crippen LogP contribution in [0.15, 0.2) is 41.2 Å². The van der Waals surface area contributed by atoms with Gasteiger partial charge in [0.1, 0.15) is 13.2 Å². The molecule has 1 aliphatic rings. The number of hydrogen-bond acceptors (Lipinski definition) is 4. The molecular formula is C20H18ClNO4. The molecule has 0 saturated heterocycles. The van der Waals surface area contributed by atoms with Crippen molar-refractivity contribution in [2.45, 2.75) is 13.5 Å². The van der Waals surface area contributed by atoms with Crippen LogP contribution in [0.25, 0.3) is 22.0 Å². The third-order valence-electron chi connectivity index (χ3n) is 4.36. The molecule has 1 N–H and O–H groups in total. The summed E-state index contributed by atoms with van der Waals surface area (Å²) in [5.41, 5.74) is 2.83. The fourth-order valence-electron chi connectivity index (χ4n) is 3.16. The van der Waals surface area contributed by atoms with Gasteiger partial charge in [0, 0.05) is 28.6 Å². The molecule has 2 heterocycles. The van der Waals surface area contributed by atoms with Gasteiger partial charge in [-0.3, -0.25) is 4.79 Å². The van der Waals surface area contributed by atoms with Crippen molar-refractivity contribution >= 4 is 22.5 Å². The van der Waals surface area contributed by atoms with Crippen LogP contribution < -0.4 is 15.0 Å². The summed E-state index contributed by atoms with van der Waals surface area (Å²) in [5, 5.41) is 1.52. The Morgan fingerprint density at radius 2 is 1.81 bits per heavy atom. The highest BCUT2D eigenvalue weighted by molar-refractivity contribution is 6.30. The van der Waals surface area contributed by atoms with E-state index in [-0.39, 0.29) is 12.2 Å². The highest BCUT2D eigenvalue weighted by Crippen LogP contribution is 2.38. The number of nitrogens with one attached hydrogen (secondary N) is 1. The predicted molar refractivity (Wildman–Crippen MR) is 101 cm³/mol. The Morgan fingerprint density at radius 3 is 2.50 bits per heavy atom. The molecule has 26 heavy (non-hydrogen) atoms. The van der Waals surface area contributed by atoms with Gasteiger partial charge in [-0.25, -0.2) is 0 Å². The van der Waals surface area contributed by atoms with Gasteiger partial charge in [0.2, 0.25) is 0 Å². The minimum absolute atomic E-state index is 0.174. The van der Waals surface area contributed by atoms with Crippen LogP contribution in [-0.4, -0.2) is 24.8 Å². The van der Waals surface area contributed by atoms with Crippen LogP contribution >= 0.6 is 11.6 Å². The zero-order valence-electron chi connectivity index (χ0n) is 14.3. The Bertz CT molecular complexity index is 1010. The van der Waals surface area contributed by atoms with Crippen molar-refractivity contribution in [1.82, 2.24) is 4.98 Å². The average molecular weight is 372 g/mol. The highest BCUT2D eigenvalue weighted by Gasteiger charge is 2.19. The molecule has 0 fully saturated rings. The first-order valence-electron chi connectivity index (χ1n) is 8.49. The van der Waals surface area contributed by atoms with Crippen molar-refractivity contribution in [1.29, 1.82) is 0 Å². The number of rotatable bonds is 4. The zero-order valence-corrected chi connectivity index (χ0v) is 15.1. The molecule has 4 rings (SSSR count). The maximum atomic E-state index is 12.7. The van der Waals surface area contributed by atoms with Crippen LogP contribution in [0.1, 0.15) is 12.5 Å². The van der Waals surface area contributed by atoms with Gasteiger partial charge in [0.25, 0.3) is 5.56 Å². The van der Waals surface area contributed by atoms with Crippen LogP contribution in [0.5, 0.6) is 11.5 Å². The molecule has 1 aliphatic heterocycles. The Hall–Kier alpha value is -2.50. The van der Waals surface area contributed by atoms with E-state index in [4.69, 9.17) is 25.8 Å². The van der Waals surface area contributed by atoms with E-state index in [0.717, 1.165) is 16.5 Å². The maximum Gasteiger partial charge on any atom is 0.254 e. The topological polar surface area (TPSA) is 60.6 Å². The number of H-pyrrole nitrogens is 1. The Balaban J connectivity index is 2.02. The highest BCUT2D eigenvalue weighted by atomic mass is 35.5. The normalized spacial score (nSPS) is 13.2. The lowest BCUT2D eigenvalue weighted by molar-refractivity contribution is 0.133. The van der Waals surface area contributed by atoms with E-state index in [0.29, 0.717) is 47.4 Å². The molecule has 0 amide bonds. The van der Waals surface area contributed by atoms with E-state index >= 15 is 0 Å². The molecule has 0 spiro atoms. The first kappa shape index (κ1) is 16.9. The first-order chi connectivity index (χ1) is 12.7. The molecule has 0 saturated carbocycles. The summed E-state index contributed by atoms with van der Waals surface area (Å²) in [6, 6.07) is 11.2. The molecule has 0 unspecified atom stereocenters. The quantitative estimate of drug-likeness (QED) is 0.748. The van der Waals surface area contributed by atoms with Gasteiger partial charge in [-0.2, -0.15) is 0 Å². The molecular weight excluding hydrogens is 354 g/mol. The van der Waals surface area contributed by atoms with Crippen LogP contribution in [0.4, 0.5) is 0 Å². The van der Waals surface area contributed by atoms with Crippen molar-refractivity contribution in [2.75, 3.05) is 19.8 Å². The van der Waals surface area contributed by atoms with Gasteiger partial charge in [0.15, 0.2) is 11.5 Å². The van der Waals surface area contributed by atoms with E-state index in [1.165, 1.54) is 0 Å². The summed E-state index contributed by atoms with van der Waals surface area (Å²) in [6.45, 7) is 3.66. The van der Waals surface area contributed by atoms with Gasteiger partial charge >= 0.3 is 0 Å². The lowest BCUT2D eigenvalue weighted by Crippen LogP contribution is -2.18. The smallest absolute Gasteiger partial charge is 0.254 e. The lowest BCUT2D eigenvalue weighted by atomic mass is 9.96. The second-order valence-electron chi connectivity index (χ2n) is 5.99. The van der Waals surface area contributed by atoms with E-state index in [1.54, 1.807) is 0 Å². The molecule has 0 radical (unpaired) electrons. The molecule has 2 aromatic carbocycles. The van der Waals surface area contributed by atoms with E-state index in [9.17, 15) is 4.79 Å². The Labute approximate surface area is 155 Å². The summed E-state index contributed by atoms with van der Waals surface area (Å²) in [4.78, 5) is 15.7. The number of hydrogen-bond donors (Lipinski definition) is 1. The fraction of sp³-hybridized carbons (Fsp3) is 0.250. The fourth-order valence-corrected chi connectivity index (χ4v) is 3.29. The molecule has 5 nitrogen and oxygen atoms in total. The minimum atomic E-state index is -0.174. The largest absolute Gasteiger partial charge is 0.486 e. The van der Waals surface area contributed by atoms with Gasteiger partial charge in [0.05, 0.1) is 17.7 Å². The predicted octanol–water partition coefficient (Wildman–Crippen LogP) is 4.16. The van der Waals surface area contributed by atoms with Crippen molar-refractivity contribution in [3.8, 4) is 22.6 Å². The van der Waals surface area contributed by atoms with Crippen molar-refractivity contribution in [3.63, 3.8) is 0 Å². The van der Waals surface area contributed by atoms with E-state index in [2.05, 4.69) is 4.98 Å². The number of aromatic nitrogens is 1. The van der Waals surface area contributed by atoms with Gasteiger partial charge in [-0.05, 0) is 30.7 Å². The number of aromatic amines is 1. The second-order valence-corrected chi connectivity index (χ2v) is 6.43. The van der Waals surface area contributed by atoms with Crippen LogP contribution in [0.3, 0.4) is 0 Å². The van der Waals surface area contributed by atoms with Crippen molar-refractivity contribution in [3.05, 3.63) is 57.3 Å². The minimum Gasteiger partial charge on any atom is -0.486 e. The zero-order chi connectivity index (χ0) is 18.1. The number of ether oxygens (including phenoxy) is 3. The van der Waals surface area contributed by atoms with Crippen LogP contribution in [-0.2, 0) is 11.3 Å². The average Bonchev–Trinajstić information content (AvgIpc) is 2.65. The van der Waals surface area contributed by atoms with Crippen LogP contribution in [0, 0.1) is 0 Å². The van der Waals surface area contributed by atoms with E-state index in [1.807, 2.05) is 43.3 Å². The molecule has 1 aromatic heterocycles. The second kappa shape index (κ2) is 7.02. The lowest BCUT2D eigenvalue weighted by Gasteiger charge is -2.20. The standard InChI is InChI=1S/C20H18ClNO4/c1-2-24-11-15-19(12-3-5-13(21)6-4-12)14-9-17-18(26-8-7-25-17)10-16(14)22-20(15)23/h3-6,9-10H,2,7-8,11H2,1H3,(H,22,23). The monoisotopic (exact) mass is 371 g/mol. The number of fused-ring (bicyclic) bond motifs is 2. The molecule has 0 aliphatic carbocycles. The molecule has 6 heteroatoms. The Morgan fingerprint density at radius 1 is 1.12 bits per heavy atom. The summed E-state index contributed by atoms with van der Waals surface area (Å²) >= 11 is 6.04. The molecule has 134 valence electrons. The van der Waals surface area contributed by atoms with Gasteiger partial charge in [-0.1, -0.05) is 23.7 Å². The van der Waals surface area contributed by atoms with Crippen molar-refractivity contribution in [2.24, 2.45) is 0 Å². The summed E-state index contributed by atoms with van der Waals surface area (Å²) in [7, 11) is 0. The van der Waals surface area contributed by atoms with Crippen LogP contribution in [0.2, 0.25) is 5.02 Å². The third-order valence-corrected chi connectivity index (χ3v) is 4.61. The summed E-state index contributed by atoms with van der Waals surface area (Å²) in [6.07, 6.45) is 0. The van der Waals surface area contributed by atoms with Crippen molar-refractivity contribution < 1.29 is 14.2 Å². The maximum absolute atomic E-state index is 12.7. The SMILES string of the molecule is CCOCc1c(-c2ccc(Cl)cc2)c2cc3c(cc2[nH]c1=O)OCCO3. The summed E-state index contributed by atoms with van der Waals surface area (Å²) in [5.74, 6) is 1.31. The number of benzene rings is 2. The molecule has 0 atom stereocenters. The number of halogens is 1. The number of pyridine rings is 1.